The monoisotopic (exact) mass is 587 g/mol. The van der Waals surface area contributed by atoms with Gasteiger partial charge in [-0.3, -0.25) is 9.59 Å². The van der Waals surface area contributed by atoms with Gasteiger partial charge in [0.15, 0.2) is 0 Å². The molecule has 2 aromatic rings. The molecule has 192 valence electrons. The van der Waals surface area contributed by atoms with E-state index >= 15 is 0 Å². The van der Waals surface area contributed by atoms with Crippen LogP contribution in [-0.2, 0) is 20.4 Å². The zero-order valence-electron chi connectivity index (χ0n) is 20.7. The number of aliphatic carboxylic acids is 1. The van der Waals surface area contributed by atoms with Crippen LogP contribution < -0.4 is 4.74 Å². The number of carbonyl (C=O) groups is 2. The van der Waals surface area contributed by atoms with Gasteiger partial charge in [-0.1, -0.05) is 47.3 Å². The fraction of sp³-hybridized carbons (Fsp3) is 0.481. The van der Waals surface area contributed by atoms with Gasteiger partial charge < -0.3 is 20.4 Å². The minimum Gasteiger partial charge on any atom is -0.870 e. The lowest BCUT2D eigenvalue weighted by Gasteiger charge is -2.32. The summed E-state index contributed by atoms with van der Waals surface area (Å²) in [6.45, 7) is 15.7. The highest BCUT2D eigenvalue weighted by molar-refractivity contribution is 14.0. The summed E-state index contributed by atoms with van der Waals surface area (Å²) in [5.74, 6) is -0.0561. The van der Waals surface area contributed by atoms with Crippen LogP contribution in [0.25, 0.3) is 0 Å². The van der Waals surface area contributed by atoms with Crippen molar-refractivity contribution in [3.63, 3.8) is 0 Å². The smallest absolute Gasteiger partial charge is 0.312 e. The lowest BCUT2D eigenvalue weighted by Crippen LogP contribution is -2.31. The maximum atomic E-state index is 11.4. The van der Waals surface area contributed by atoms with E-state index in [4.69, 9.17) is 9.84 Å². The van der Waals surface area contributed by atoms with Crippen molar-refractivity contribution in [3.8, 4) is 11.5 Å². The number of aryl methyl sites for hydroxylation is 4. The molecule has 1 heterocycles. The fourth-order valence-corrected chi connectivity index (χ4v) is 4.78. The minimum atomic E-state index is -0.857. The molecule has 3 rings (SSSR count). The van der Waals surface area contributed by atoms with E-state index in [-0.39, 0.29) is 60.4 Å². The number of ether oxygens (including phenoxy) is 1. The van der Waals surface area contributed by atoms with Gasteiger partial charge in [0.1, 0.15) is 11.5 Å². The SMILES string of the molecule is C.Cc1cc(C)c(C(C)(C)CC(=O)O)c(O)c1.Cc1cc(C)c2c(c1)OC(=O)CC2(C)C.I.[OH-]. The summed E-state index contributed by atoms with van der Waals surface area (Å²) in [6, 6.07) is 7.71. The van der Waals surface area contributed by atoms with Crippen molar-refractivity contribution >= 4 is 35.9 Å². The molecule has 34 heavy (non-hydrogen) atoms. The standard InChI is InChI=1S/C13H18O3.C13H16O2.CH4.HI.H2O/c1-8-5-9(2)12(10(14)6-8)13(3,4)7-11(15)16;1-8-5-9(2)12-10(6-8)15-11(14)7-13(12,3)4;;;/h5-6,14H,7H2,1-4H3,(H,15,16);5-6H,7H2,1-4H3;1H4;1H;1H2/p-1. The normalized spacial score (nSPS) is 13.5. The Labute approximate surface area is 221 Å². The summed E-state index contributed by atoms with van der Waals surface area (Å²) in [5.41, 5.74) is 5.48. The Morgan fingerprint density at radius 2 is 1.53 bits per heavy atom. The van der Waals surface area contributed by atoms with Crippen LogP contribution in [0.1, 0.15) is 81.3 Å². The average molecular weight is 588 g/mol. The van der Waals surface area contributed by atoms with Crippen molar-refractivity contribution in [3.05, 3.63) is 57.6 Å². The highest BCUT2D eigenvalue weighted by Gasteiger charge is 2.35. The van der Waals surface area contributed by atoms with Crippen LogP contribution in [0.3, 0.4) is 0 Å². The van der Waals surface area contributed by atoms with Gasteiger partial charge in [-0.15, -0.1) is 24.0 Å². The topological polar surface area (TPSA) is 114 Å². The van der Waals surface area contributed by atoms with E-state index < -0.39 is 11.4 Å². The molecule has 2 aromatic carbocycles. The first kappa shape index (κ1) is 34.0. The molecule has 0 fully saturated rings. The second kappa shape index (κ2) is 12.5. The minimum absolute atomic E-state index is 0. The lowest BCUT2D eigenvalue weighted by atomic mass is 9.77. The molecule has 0 saturated heterocycles. The van der Waals surface area contributed by atoms with Gasteiger partial charge in [-0.25, -0.2) is 0 Å². The van der Waals surface area contributed by atoms with E-state index in [0.29, 0.717) is 6.42 Å². The summed E-state index contributed by atoms with van der Waals surface area (Å²) in [4.78, 5) is 22.2. The van der Waals surface area contributed by atoms with E-state index in [0.717, 1.165) is 28.0 Å². The molecule has 1 aliphatic heterocycles. The largest absolute Gasteiger partial charge is 0.870 e. The third kappa shape index (κ3) is 7.98. The Kier molecular flexibility index (Phi) is 12.6. The number of carbonyl (C=O) groups excluding carboxylic acids is 1. The van der Waals surface area contributed by atoms with Crippen LogP contribution in [0.5, 0.6) is 11.5 Å². The maximum Gasteiger partial charge on any atom is 0.312 e. The van der Waals surface area contributed by atoms with E-state index in [2.05, 4.69) is 26.8 Å². The molecule has 0 radical (unpaired) electrons. The number of fused-ring (bicyclic) bond motifs is 1. The van der Waals surface area contributed by atoms with Crippen molar-refractivity contribution in [1.29, 1.82) is 0 Å². The third-order valence-electron chi connectivity index (χ3n) is 5.66. The fourth-order valence-electron chi connectivity index (χ4n) is 4.78. The maximum absolute atomic E-state index is 11.4. The molecular formula is C27H40IO6-. The Balaban J connectivity index is 0. The number of phenolic OH excluding ortho intramolecular Hbond substituents is 1. The van der Waals surface area contributed by atoms with E-state index in [1.807, 2.05) is 46.8 Å². The van der Waals surface area contributed by atoms with E-state index in [1.54, 1.807) is 6.07 Å². The number of phenols is 1. The molecule has 0 spiro atoms. The first-order chi connectivity index (χ1) is 14.1. The van der Waals surface area contributed by atoms with Crippen LogP contribution in [-0.4, -0.2) is 27.6 Å². The van der Waals surface area contributed by atoms with Crippen LogP contribution in [0.15, 0.2) is 24.3 Å². The molecule has 3 N–H and O–H groups in total. The van der Waals surface area contributed by atoms with Crippen molar-refractivity contribution in [1.82, 2.24) is 0 Å². The van der Waals surface area contributed by atoms with E-state index in [1.165, 1.54) is 11.1 Å². The van der Waals surface area contributed by atoms with Gasteiger partial charge in [0.25, 0.3) is 0 Å². The number of carboxylic acid groups (broad SMARTS) is 1. The number of hydrogen-bond donors (Lipinski definition) is 2. The average Bonchev–Trinajstić information content (AvgIpc) is 2.49. The zero-order chi connectivity index (χ0) is 23.7. The number of carboxylic acids is 1. The highest BCUT2D eigenvalue weighted by atomic mass is 127. The van der Waals surface area contributed by atoms with Gasteiger partial charge in [0.2, 0.25) is 0 Å². The summed E-state index contributed by atoms with van der Waals surface area (Å²) >= 11 is 0. The second-order valence-electron chi connectivity index (χ2n) is 9.92. The summed E-state index contributed by atoms with van der Waals surface area (Å²) in [7, 11) is 0. The number of hydrogen-bond acceptors (Lipinski definition) is 5. The van der Waals surface area contributed by atoms with Crippen molar-refractivity contribution < 1.29 is 30.0 Å². The lowest BCUT2D eigenvalue weighted by molar-refractivity contribution is -0.138. The third-order valence-corrected chi connectivity index (χ3v) is 5.66. The summed E-state index contributed by atoms with van der Waals surface area (Å²) in [5, 5.41) is 18.8. The molecule has 0 saturated carbocycles. The van der Waals surface area contributed by atoms with Gasteiger partial charge in [-0.2, -0.15) is 0 Å². The predicted molar refractivity (Wildman–Crippen MR) is 146 cm³/mol. The van der Waals surface area contributed by atoms with Gasteiger partial charge in [0.05, 0.1) is 12.8 Å². The van der Waals surface area contributed by atoms with Gasteiger partial charge in [0, 0.05) is 22.0 Å². The molecule has 0 amide bonds. The molecule has 0 bridgehead atoms. The van der Waals surface area contributed by atoms with Crippen LogP contribution in [0.2, 0.25) is 0 Å². The second-order valence-corrected chi connectivity index (χ2v) is 9.92. The molecular weight excluding hydrogens is 547 g/mol. The number of rotatable bonds is 3. The summed E-state index contributed by atoms with van der Waals surface area (Å²) in [6.07, 6.45) is 0.467. The number of halogens is 1. The number of aromatic hydroxyl groups is 1. The Hall–Kier alpha value is -2.13. The molecule has 0 unspecified atom stereocenters. The van der Waals surface area contributed by atoms with E-state index in [9.17, 15) is 14.7 Å². The molecule has 0 aliphatic carbocycles. The number of esters is 1. The van der Waals surface area contributed by atoms with Crippen LogP contribution >= 0.6 is 24.0 Å². The molecule has 0 atom stereocenters. The Morgan fingerprint density at radius 1 is 1.03 bits per heavy atom. The van der Waals surface area contributed by atoms with Crippen molar-refractivity contribution in [2.45, 2.75) is 86.5 Å². The highest BCUT2D eigenvalue weighted by Crippen LogP contribution is 2.41. The Morgan fingerprint density at radius 3 is 2.03 bits per heavy atom. The van der Waals surface area contributed by atoms with Gasteiger partial charge in [-0.05, 0) is 62.1 Å². The van der Waals surface area contributed by atoms with Crippen molar-refractivity contribution in [2.75, 3.05) is 0 Å². The van der Waals surface area contributed by atoms with Crippen LogP contribution in [0, 0.1) is 27.7 Å². The van der Waals surface area contributed by atoms with Crippen molar-refractivity contribution in [2.24, 2.45) is 0 Å². The first-order valence-corrected chi connectivity index (χ1v) is 10.5. The Bertz CT molecular complexity index is 1000. The molecule has 0 aromatic heterocycles. The number of benzene rings is 2. The zero-order valence-corrected chi connectivity index (χ0v) is 23.0. The molecule has 1 aliphatic rings. The van der Waals surface area contributed by atoms with Crippen LogP contribution in [0.4, 0.5) is 0 Å². The molecule has 6 nitrogen and oxygen atoms in total. The van der Waals surface area contributed by atoms with Gasteiger partial charge >= 0.3 is 11.9 Å². The quantitative estimate of drug-likeness (QED) is 0.234. The first-order valence-electron chi connectivity index (χ1n) is 10.5. The summed E-state index contributed by atoms with van der Waals surface area (Å²) < 4.78 is 5.29. The molecule has 7 heteroatoms. The predicted octanol–water partition coefficient (Wildman–Crippen LogP) is 6.73.